The van der Waals surface area contributed by atoms with Gasteiger partial charge in [0.05, 0.1) is 18.1 Å². The lowest BCUT2D eigenvalue weighted by molar-refractivity contribution is -0.139. The molecule has 0 amide bonds. The minimum absolute atomic E-state index is 0.0447. The maximum absolute atomic E-state index is 11.0. The minimum Gasteiger partial charge on any atom is -0.475 e. The number of thioether (sulfide) groups is 1. The van der Waals surface area contributed by atoms with Crippen LogP contribution in [0.5, 0.6) is 0 Å². The number of aryl methyl sites for hydroxylation is 1. The highest BCUT2D eigenvalue weighted by Gasteiger charge is 2.14. The first-order valence-electron chi connectivity index (χ1n) is 5.10. The van der Waals surface area contributed by atoms with E-state index in [1.807, 2.05) is 0 Å². The van der Waals surface area contributed by atoms with Gasteiger partial charge >= 0.3 is 11.9 Å². The summed E-state index contributed by atoms with van der Waals surface area (Å²) >= 11 is 1.33. The summed E-state index contributed by atoms with van der Waals surface area (Å²) < 4.78 is 9.91. The molecule has 6 heteroatoms. The molecule has 1 rings (SSSR count). The van der Waals surface area contributed by atoms with Crippen LogP contribution in [0.25, 0.3) is 0 Å². The Kier molecular flexibility index (Phi) is 5.09. The third kappa shape index (κ3) is 4.14. The van der Waals surface area contributed by atoms with Crippen molar-refractivity contribution in [3.63, 3.8) is 0 Å². The first-order valence-corrected chi connectivity index (χ1v) is 6.26. The molecule has 94 valence electrons. The molecule has 0 radical (unpaired) electrons. The fraction of sp³-hybridized carbons (Fsp3) is 0.455. The average molecular weight is 258 g/mol. The van der Waals surface area contributed by atoms with E-state index < -0.39 is 5.97 Å². The van der Waals surface area contributed by atoms with Crippen LogP contribution in [0.1, 0.15) is 28.8 Å². The summed E-state index contributed by atoms with van der Waals surface area (Å²) in [5.41, 5.74) is 0.587. The summed E-state index contributed by atoms with van der Waals surface area (Å²) in [5, 5.41) is 8.79. The molecule has 0 aliphatic heterocycles. The predicted molar refractivity (Wildman–Crippen MR) is 63.2 cm³/mol. The van der Waals surface area contributed by atoms with Crippen LogP contribution >= 0.6 is 11.8 Å². The molecule has 0 unspecified atom stereocenters. The van der Waals surface area contributed by atoms with Crippen LogP contribution in [-0.4, -0.2) is 29.4 Å². The van der Waals surface area contributed by atoms with Gasteiger partial charge in [-0.2, -0.15) is 0 Å². The second-order valence-electron chi connectivity index (χ2n) is 3.33. The number of hydrogen-bond donors (Lipinski definition) is 1. The van der Waals surface area contributed by atoms with Gasteiger partial charge in [-0.25, -0.2) is 4.79 Å². The Balaban J connectivity index is 2.45. The largest absolute Gasteiger partial charge is 0.475 e. The van der Waals surface area contributed by atoms with Gasteiger partial charge in [0.2, 0.25) is 5.76 Å². The van der Waals surface area contributed by atoms with E-state index in [2.05, 4.69) is 0 Å². The van der Waals surface area contributed by atoms with Crippen LogP contribution < -0.4 is 0 Å². The highest BCUT2D eigenvalue weighted by Crippen LogP contribution is 2.19. The van der Waals surface area contributed by atoms with Crippen LogP contribution in [-0.2, 0) is 15.3 Å². The Labute approximate surface area is 103 Å². The van der Waals surface area contributed by atoms with Crippen molar-refractivity contribution in [1.29, 1.82) is 0 Å². The summed E-state index contributed by atoms with van der Waals surface area (Å²) in [6, 6.07) is 1.67. The number of carbonyl (C=O) groups is 2. The van der Waals surface area contributed by atoms with E-state index in [1.165, 1.54) is 11.8 Å². The van der Waals surface area contributed by atoms with E-state index in [0.29, 0.717) is 23.7 Å². The lowest BCUT2D eigenvalue weighted by Crippen LogP contribution is -2.06. The molecule has 0 aliphatic rings. The molecule has 0 aromatic carbocycles. The molecule has 0 spiro atoms. The number of hydrogen-bond acceptors (Lipinski definition) is 5. The third-order valence-electron chi connectivity index (χ3n) is 1.93. The van der Waals surface area contributed by atoms with Crippen molar-refractivity contribution in [2.45, 2.75) is 19.6 Å². The predicted octanol–water partition coefficient (Wildman–Crippen LogP) is 2.08. The standard InChI is InChI=1S/C11H14O5S/c1-3-15-9(12)6-17-5-8-4-7(2)10(16-8)11(13)14/h4H,3,5-6H2,1-2H3,(H,13,14). The number of furan rings is 1. The van der Waals surface area contributed by atoms with E-state index in [0.717, 1.165) is 0 Å². The second-order valence-corrected chi connectivity index (χ2v) is 4.31. The summed E-state index contributed by atoms with van der Waals surface area (Å²) in [6.45, 7) is 3.78. The molecule has 1 aromatic rings. The average Bonchev–Trinajstić information content (AvgIpc) is 2.60. The molecule has 17 heavy (non-hydrogen) atoms. The Hall–Kier alpha value is -1.43. The second kappa shape index (κ2) is 6.34. The number of rotatable bonds is 6. The van der Waals surface area contributed by atoms with E-state index >= 15 is 0 Å². The molecule has 0 saturated heterocycles. The SMILES string of the molecule is CCOC(=O)CSCc1cc(C)c(C(=O)O)o1. The van der Waals surface area contributed by atoms with Crippen LogP contribution in [0.15, 0.2) is 10.5 Å². The highest BCUT2D eigenvalue weighted by atomic mass is 32.2. The van der Waals surface area contributed by atoms with E-state index in [9.17, 15) is 9.59 Å². The summed E-state index contributed by atoms with van der Waals surface area (Å²) in [6.07, 6.45) is 0. The Morgan fingerprint density at radius 3 is 2.76 bits per heavy atom. The van der Waals surface area contributed by atoms with Crippen molar-refractivity contribution < 1.29 is 23.8 Å². The van der Waals surface area contributed by atoms with Gasteiger partial charge in [0.15, 0.2) is 0 Å². The van der Waals surface area contributed by atoms with Gasteiger partial charge < -0.3 is 14.3 Å². The summed E-state index contributed by atoms with van der Waals surface area (Å²) in [5.74, 6) is -0.169. The number of aromatic carboxylic acids is 1. The van der Waals surface area contributed by atoms with Gasteiger partial charge in [-0.1, -0.05) is 0 Å². The molecule has 5 nitrogen and oxygen atoms in total. The van der Waals surface area contributed by atoms with Gasteiger partial charge in [0.25, 0.3) is 0 Å². The van der Waals surface area contributed by atoms with Gasteiger partial charge in [0, 0.05) is 5.56 Å². The van der Waals surface area contributed by atoms with Crippen molar-refractivity contribution in [1.82, 2.24) is 0 Å². The summed E-state index contributed by atoms with van der Waals surface area (Å²) in [7, 11) is 0. The molecule has 0 bridgehead atoms. The molecule has 0 atom stereocenters. The van der Waals surface area contributed by atoms with Gasteiger partial charge in [-0.3, -0.25) is 4.79 Å². The van der Waals surface area contributed by atoms with Crippen molar-refractivity contribution >= 4 is 23.7 Å². The molecule has 1 N–H and O–H groups in total. The molecular weight excluding hydrogens is 244 g/mol. The highest BCUT2D eigenvalue weighted by molar-refractivity contribution is 7.99. The number of carboxylic acids is 1. The first kappa shape index (κ1) is 13.6. The summed E-state index contributed by atoms with van der Waals surface area (Å²) in [4.78, 5) is 21.8. The molecule has 0 saturated carbocycles. The smallest absolute Gasteiger partial charge is 0.372 e. The van der Waals surface area contributed by atoms with Gasteiger partial charge in [-0.15, -0.1) is 11.8 Å². The quantitative estimate of drug-likeness (QED) is 0.787. The van der Waals surface area contributed by atoms with E-state index in [4.69, 9.17) is 14.3 Å². The fourth-order valence-electron chi connectivity index (χ4n) is 1.27. The lowest BCUT2D eigenvalue weighted by atomic mass is 10.3. The third-order valence-corrected chi connectivity index (χ3v) is 2.86. The maximum atomic E-state index is 11.0. The number of ether oxygens (including phenoxy) is 1. The lowest BCUT2D eigenvalue weighted by Gasteiger charge is -1.99. The van der Waals surface area contributed by atoms with Crippen LogP contribution in [0.4, 0.5) is 0 Å². The van der Waals surface area contributed by atoms with Crippen LogP contribution in [0.2, 0.25) is 0 Å². The first-order chi connectivity index (χ1) is 8.04. The minimum atomic E-state index is -1.08. The van der Waals surface area contributed by atoms with Crippen molar-refractivity contribution in [2.75, 3.05) is 12.4 Å². The molecule has 0 aliphatic carbocycles. The number of carbonyl (C=O) groups excluding carboxylic acids is 1. The molecular formula is C11H14O5S. The number of esters is 1. The van der Waals surface area contributed by atoms with E-state index in [1.54, 1.807) is 19.9 Å². The Morgan fingerprint density at radius 2 is 2.24 bits per heavy atom. The zero-order chi connectivity index (χ0) is 12.8. The Morgan fingerprint density at radius 1 is 1.53 bits per heavy atom. The molecule has 1 heterocycles. The Bertz CT molecular complexity index is 410. The zero-order valence-electron chi connectivity index (χ0n) is 9.69. The van der Waals surface area contributed by atoms with Gasteiger partial charge in [0.1, 0.15) is 5.76 Å². The normalized spacial score (nSPS) is 10.2. The topological polar surface area (TPSA) is 76.7 Å². The fourth-order valence-corrected chi connectivity index (χ4v) is 1.96. The zero-order valence-corrected chi connectivity index (χ0v) is 10.5. The number of carboxylic acid groups (broad SMARTS) is 1. The van der Waals surface area contributed by atoms with E-state index in [-0.39, 0.29) is 17.5 Å². The van der Waals surface area contributed by atoms with Crippen LogP contribution in [0.3, 0.4) is 0 Å². The van der Waals surface area contributed by atoms with Crippen LogP contribution in [0, 0.1) is 6.92 Å². The van der Waals surface area contributed by atoms with Crippen molar-refractivity contribution in [2.24, 2.45) is 0 Å². The van der Waals surface area contributed by atoms with Gasteiger partial charge in [-0.05, 0) is 19.9 Å². The molecule has 1 aromatic heterocycles. The van der Waals surface area contributed by atoms with Crippen molar-refractivity contribution in [3.8, 4) is 0 Å². The molecule has 0 fully saturated rings. The maximum Gasteiger partial charge on any atom is 0.372 e. The monoisotopic (exact) mass is 258 g/mol. The van der Waals surface area contributed by atoms with Crippen molar-refractivity contribution in [3.05, 3.63) is 23.2 Å².